The highest BCUT2D eigenvalue weighted by molar-refractivity contribution is 7.91. The van der Waals surface area contributed by atoms with E-state index in [1.807, 2.05) is 18.7 Å². The smallest absolute Gasteiger partial charge is 0.154 e. The summed E-state index contributed by atoms with van der Waals surface area (Å²) < 4.78 is 23.2. The first-order valence-corrected chi connectivity index (χ1v) is 7.83. The third-order valence-electron chi connectivity index (χ3n) is 3.25. The molecule has 2 heterocycles. The molecule has 6 nitrogen and oxygen atoms in total. The number of hydrogen-bond acceptors (Lipinski definition) is 6. The fraction of sp³-hybridized carbons (Fsp3) is 0.636. The van der Waals surface area contributed by atoms with Gasteiger partial charge in [0, 0.05) is 18.2 Å². The Balaban J connectivity index is 2.36. The van der Waals surface area contributed by atoms with Crippen molar-refractivity contribution < 1.29 is 8.42 Å². The molecule has 1 aromatic heterocycles. The van der Waals surface area contributed by atoms with Crippen molar-refractivity contribution in [1.82, 2.24) is 9.97 Å². The van der Waals surface area contributed by atoms with Gasteiger partial charge in [0.15, 0.2) is 9.84 Å². The van der Waals surface area contributed by atoms with Gasteiger partial charge < -0.3 is 10.6 Å². The minimum atomic E-state index is -2.92. The molecule has 100 valence electrons. The van der Waals surface area contributed by atoms with Gasteiger partial charge in [-0.2, -0.15) is 0 Å². The number of nitrogens with zero attached hydrogens (tertiary/aromatic N) is 3. The molecule has 0 amide bonds. The summed E-state index contributed by atoms with van der Waals surface area (Å²) in [5.41, 5.74) is 6.73. The molecular weight excluding hydrogens is 252 g/mol. The van der Waals surface area contributed by atoms with E-state index < -0.39 is 9.84 Å². The standard InChI is InChI=1S/C11H18N4O2S/c1-3-9-10(12)13-7-14-11(9)15-4-5-18(16,17)6-8(15)2/h7-8H,3-6H2,1-2H3,(H2,12,13,14). The molecule has 1 aliphatic rings. The molecule has 7 heteroatoms. The van der Waals surface area contributed by atoms with Crippen LogP contribution in [0.4, 0.5) is 11.6 Å². The topological polar surface area (TPSA) is 89.2 Å². The van der Waals surface area contributed by atoms with E-state index in [0.29, 0.717) is 12.4 Å². The predicted molar refractivity (Wildman–Crippen MR) is 71.3 cm³/mol. The molecule has 0 aromatic carbocycles. The van der Waals surface area contributed by atoms with Crippen molar-refractivity contribution >= 4 is 21.5 Å². The van der Waals surface area contributed by atoms with Gasteiger partial charge in [0.25, 0.3) is 0 Å². The van der Waals surface area contributed by atoms with Crippen LogP contribution in [-0.2, 0) is 16.3 Å². The number of aromatic nitrogens is 2. The zero-order valence-electron chi connectivity index (χ0n) is 10.6. The lowest BCUT2D eigenvalue weighted by atomic mass is 10.2. The van der Waals surface area contributed by atoms with Crippen LogP contribution in [0.15, 0.2) is 6.33 Å². The SMILES string of the molecule is CCc1c(N)ncnc1N1CCS(=O)(=O)CC1C. The van der Waals surface area contributed by atoms with E-state index in [1.54, 1.807) is 0 Å². The van der Waals surface area contributed by atoms with Crippen molar-refractivity contribution in [1.29, 1.82) is 0 Å². The predicted octanol–water partition coefficient (Wildman–Crippen LogP) is 0.245. The van der Waals surface area contributed by atoms with Crippen molar-refractivity contribution in [3.63, 3.8) is 0 Å². The Morgan fingerprint density at radius 2 is 2.22 bits per heavy atom. The Kier molecular flexibility index (Phi) is 3.43. The fourth-order valence-corrected chi connectivity index (χ4v) is 3.87. The molecule has 0 saturated carbocycles. The number of nitrogens with two attached hydrogens (primary N) is 1. The molecule has 2 N–H and O–H groups in total. The molecule has 1 aromatic rings. The van der Waals surface area contributed by atoms with Gasteiger partial charge >= 0.3 is 0 Å². The van der Waals surface area contributed by atoms with Crippen LogP contribution in [0.5, 0.6) is 0 Å². The summed E-state index contributed by atoms with van der Waals surface area (Å²) in [5.74, 6) is 1.58. The summed E-state index contributed by atoms with van der Waals surface area (Å²) in [7, 11) is -2.92. The zero-order chi connectivity index (χ0) is 13.3. The molecule has 0 aliphatic carbocycles. The Hall–Kier alpha value is -1.37. The molecule has 0 radical (unpaired) electrons. The minimum Gasteiger partial charge on any atom is -0.383 e. The lowest BCUT2D eigenvalue weighted by Crippen LogP contribution is -2.47. The van der Waals surface area contributed by atoms with E-state index in [-0.39, 0.29) is 17.5 Å². The van der Waals surface area contributed by atoms with Crippen LogP contribution in [-0.4, -0.2) is 42.5 Å². The van der Waals surface area contributed by atoms with Crippen LogP contribution in [0.2, 0.25) is 0 Å². The Morgan fingerprint density at radius 1 is 1.50 bits per heavy atom. The highest BCUT2D eigenvalue weighted by atomic mass is 32.2. The van der Waals surface area contributed by atoms with Crippen molar-refractivity contribution in [3.05, 3.63) is 11.9 Å². The van der Waals surface area contributed by atoms with Gasteiger partial charge in [-0.1, -0.05) is 6.92 Å². The average Bonchev–Trinajstić information content (AvgIpc) is 2.27. The third kappa shape index (κ3) is 2.40. The van der Waals surface area contributed by atoms with Crippen LogP contribution in [0.1, 0.15) is 19.4 Å². The van der Waals surface area contributed by atoms with Gasteiger partial charge in [-0.15, -0.1) is 0 Å². The highest BCUT2D eigenvalue weighted by Crippen LogP contribution is 2.26. The third-order valence-corrected chi connectivity index (χ3v) is 5.05. The minimum absolute atomic E-state index is 0.0802. The van der Waals surface area contributed by atoms with E-state index in [4.69, 9.17) is 5.73 Å². The Labute approximate surface area is 107 Å². The lowest BCUT2D eigenvalue weighted by Gasteiger charge is -2.35. The largest absolute Gasteiger partial charge is 0.383 e. The van der Waals surface area contributed by atoms with Crippen LogP contribution in [0, 0.1) is 0 Å². The van der Waals surface area contributed by atoms with Crippen LogP contribution >= 0.6 is 0 Å². The summed E-state index contributed by atoms with van der Waals surface area (Å²) in [5, 5.41) is 0. The first-order valence-electron chi connectivity index (χ1n) is 6.01. The van der Waals surface area contributed by atoms with Crippen molar-refractivity contribution in [3.8, 4) is 0 Å². The van der Waals surface area contributed by atoms with Gasteiger partial charge in [0.1, 0.15) is 18.0 Å². The number of anilines is 2. The van der Waals surface area contributed by atoms with Gasteiger partial charge in [-0.05, 0) is 13.3 Å². The van der Waals surface area contributed by atoms with E-state index in [0.717, 1.165) is 17.8 Å². The van der Waals surface area contributed by atoms with Crippen molar-refractivity contribution in [2.24, 2.45) is 0 Å². The van der Waals surface area contributed by atoms with Crippen molar-refractivity contribution in [2.45, 2.75) is 26.3 Å². The van der Waals surface area contributed by atoms with Gasteiger partial charge in [0.2, 0.25) is 0 Å². The van der Waals surface area contributed by atoms with E-state index in [9.17, 15) is 8.42 Å². The summed E-state index contributed by atoms with van der Waals surface area (Å²) in [6, 6.07) is -0.0802. The zero-order valence-corrected chi connectivity index (χ0v) is 11.4. The van der Waals surface area contributed by atoms with Gasteiger partial charge in [-0.25, -0.2) is 18.4 Å². The fourth-order valence-electron chi connectivity index (χ4n) is 2.32. The molecule has 1 saturated heterocycles. The van der Waals surface area contributed by atoms with Crippen LogP contribution in [0.25, 0.3) is 0 Å². The molecule has 18 heavy (non-hydrogen) atoms. The normalized spacial score (nSPS) is 23.0. The maximum atomic E-state index is 11.6. The second-order valence-electron chi connectivity index (χ2n) is 4.57. The second kappa shape index (κ2) is 4.72. The molecule has 1 atom stereocenters. The Bertz CT molecular complexity index is 544. The maximum Gasteiger partial charge on any atom is 0.154 e. The maximum absolute atomic E-state index is 11.6. The van der Waals surface area contributed by atoms with E-state index in [2.05, 4.69) is 9.97 Å². The van der Waals surface area contributed by atoms with Crippen molar-refractivity contribution in [2.75, 3.05) is 28.7 Å². The molecule has 1 aliphatic heterocycles. The van der Waals surface area contributed by atoms with E-state index >= 15 is 0 Å². The highest BCUT2D eigenvalue weighted by Gasteiger charge is 2.30. The molecule has 2 rings (SSSR count). The number of rotatable bonds is 2. The van der Waals surface area contributed by atoms with Gasteiger partial charge in [0.05, 0.1) is 11.5 Å². The van der Waals surface area contributed by atoms with E-state index in [1.165, 1.54) is 6.33 Å². The molecule has 1 fully saturated rings. The number of nitrogen functional groups attached to an aromatic ring is 1. The molecular formula is C11H18N4O2S. The first-order chi connectivity index (χ1) is 8.44. The van der Waals surface area contributed by atoms with Gasteiger partial charge in [-0.3, -0.25) is 0 Å². The van der Waals surface area contributed by atoms with Crippen LogP contribution in [0.3, 0.4) is 0 Å². The summed E-state index contributed by atoms with van der Waals surface area (Å²) in [6.45, 7) is 4.35. The molecule has 1 unspecified atom stereocenters. The summed E-state index contributed by atoms with van der Waals surface area (Å²) in [6.07, 6.45) is 2.16. The molecule has 0 bridgehead atoms. The quantitative estimate of drug-likeness (QED) is 0.828. The molecule has 0 spiro atoms. The first kappa shape index (κ1) is 13.1. The number of hydrogen-bond donors (Lipinski definition) is 1. The summed E-state index contributed by atoms with van der Waals surface area (Å²) in [4.78, 5) is 10.3. The average molecular weight is 270 g/mol. The second-order valence-corrected chi connectivity index (χ2v) is 6.80. The lowest BCUT2D eigenvalue weighted by molar-refractivity contribution is 0.566. The number of sulfone groups is 1. The summed E-state index contributed by atoms with van der Waals surface area (Å²) >= 11 is 0. The Morgan fingerprint density at radius 3 is 2.83 bits per heavy atom. The van der Waals surface area contributed by atoms with Crippen LogP contribution < -0.4 is 10.6 Å². The monoisotopic (exact) mass is 270 g/mol.